The maximum Gasteiger partial charge on any atom is 0.326 e. The van der Waals surface area contributed by atoms with E-state index in [-0.39, 0.29) is 89.4 Å². The quantitative estimate of drug-likeness (QED) is 0.0227. The van der Waals surface area contributed by atoms with E-state index in [2.05, 4.69) is 57.2 Å². The van der Waals surface area contributed by atoms with Crippen LogP contribution in [-0.4, -0.2) is 171 Å². The second kappa shape index (κ2) is 34.8. The topological polar surface area (TPSA) is 323 Å². The van der Waals surface area contributed by atoms with Crippen LogP contribution >= 0.6 is 25.3 Å². The van der Waals surface area contributed by atoms with E-state index in [1.165, 1.54) is 0 Å². The maximum atomic E-state index is 12.4. The summed E-state index contributed by atoms with van der Waals surface area (Å²) in [7, 11) is 0. The first-order chi connectivity index (χ1) is 27.7. The molecule has 0 aromatic heterocycles. The Labute approximate surface area is 347 Å². The van der Waals surface area contributed by atoms with Gasteiger partial charge in [0.25, 0.3) is 0 Å². The van der Waals surface area contributed by atoms with Crippen molar-refractivity contribution in [3.05, 3.63) is 0 Å². The van der Waals surface area contributed by atoms with Gasteiger partial charge in [-0.3, -0.25) is 28.8 Å². The molecule has 6 amide bonds. The molecule has 0 saturated heterocycles. The van der Waals surface area contributed by atoms with E-state index in [1.54, 1.807) is 0 Å². The lowest BCUT2D eigenvalue weighted by molar-refractivity contribution is -0.144. The Bertz CT molecular complexity index is 1300. The molecule has 24 heteroatoms. The van der Waals surface area contributed by atoms with Crippen molar-refractivity contribution in [2.24, 2.45) is 0 Å². The number of carboxylic acids is 3. The van der Waals surface area contributed by atoms with Crippen LogP contribution < -0.4 is 31.9 Å². The van der Waals surface area contributed by atoms with Crippen LogP contribution in [0, 0.1) is 0 Å². The summed E-state index contributed by atoms with van der Waals surface area (Å²) >= 11 is 7.87. The van der Waals surface area contributed by atoms with Gasteiger partial charge in [-0.15, -0.1) is 0 Å². The van der Waals surface area contributed by atoms with Crippen molar-refractivity contribution >= 4 is 78.6 Å². The molecule has 22 nitrogen and oxygen atoms in total. The number of aliphatic carboxylic acids is 3. The fourth-order valence-electron chi connectivity index (χ4n) is 4.53. The highest BCUT2D eigenvalue weighted by Gasteiger charge is 2.25. The number of thiol groups is 2. The summed E-state index contributed by atoms with van der Waals surface area (Å²) in [4.78, 5) is 106. The van der Waals surface area contributed by atoms with Crippen LogP contribution in [0.3, 0.4) is 0 Å². The highest BCUT2D eigenvalue weighted by molar-refractivity contribution is 7.81. The van der Waals surface area contributed by atoms with Crippen LogP contribution in [0.1, 0.15) is 57.8 Å². The SMILES string of the molecule is O=C(CS)NCCCCC(NC(=O)COCCOCCNC(=O)CCC(NC(=O)CCC(NC(=O)COCCOCCNC(=O)CCCS)C(=O)O)C(=O)O)C(=O)O. The molecule has 332 valence electrons. The van der Waals surface area contributed by atoms with Crippen molar-refractivity contribution in [3.8, 4) is 0 Å². The fraction of sp³-hybridized carbons (Fsp3) is 0.735. The first-order valence-electron chi connectivity index (χ1n) is 18.6. The smallest absolute Gasteiger partial charge is 0.326 e. The molecule has 0 aliphatic heterocycles. The number of carbonyl (C=O) groups excluding carboxylic acids is 6. The molecule has 9 N–H and O–H groups in total. The van der Waals surface area contributed by atoms with E-state index in [9.17, 15) is 58.5 Å². The van der Waals surface area contributed by atoms with Crippen molar-refractivity contribution in [1.29, 1.82) is 0 Å². The molecule has 3 unspecified atom stereocenters. The van der Waals surface area contributed by atoms with Gasteiger partial charge in [0.2, 0.25) is 35.4 Å². The number of hydrogen-bond acceptors (Lipinski definition) is 15. The summed E-state index contributed by atoms with van der Waals surface area (Å²) in [5.74, 6) is -6.46. The second-order valence-electron chi connectivity index (χ2n) is 12.3. The third-order valence-corrected chi connectivity index (χ3v) is 8.12. The van der Waals surface area contributed by atoms with Gasteiger partial charge < -0.3 is 66.2 Å². The van der Waals surface area contributed by atoms with Crippen molar-refractivity contribution in [3.63, 3.8) is 0 Å². The molecule has 0 radical (unpaired) electrons. The minimum atomic E-state index is -1.46. The average molecular weight is 871 g/mol. The van der Waals surface area contributed by atoms with E-state index in [0.717, 1.165) is 0 Å². The first kappa shape index (κ1) is 53.8. The number of ether oxygens (including phenoxy) is 4. The molecule has 0 aliphatic rings. The molecule has 0 aliphatic carbocycles. The number of nitrogens with one attached hydrogen (secondary N) is 6. The summed E-state index contributed by atoms with van der Waals surface area (Å²) in [5.41, 5.74) is 0. The van der Waals surface area contributed by atoms with Gasteiger partial charge in [-0.25, -0.2) is 14.4 Å². The lowest BCUT2D eigenvalue weighted by Gasteiger charge is -2.17. The van der Waals surface area contributed by atoms with Gasteiger partial charge in [0.1, 0.15) is 31.3 Å². The number of unbranched alkanes of at least 4 members (excludes halogenated alkanes) is 1. The van der Waals surface area contributed by atoms with Crippen LogP contribution in [0.25, 0.3) is 0 Å². The number of carboxylic acid groups (broad SMARTS) is 3. The minimum Gasteiger partial charge on any atom is -0.480 e. The van der Waals surface area contributed by atoms with Gasteiger partial charge in [-0.2, -0.15) is 25.3 Å². The van der Waals surface area contributed by atoms with Gasteiger partial charge in [0, 0.05) is 38.9 Å². The summed E-state index contributed by atoms with van der Waals surface area (Å²) in [5, 5.41) is 42.9. The maximum absolute atomic E-state index is 12.4. The zero-order chi connectivity index (χ0) is 43.6. The molecular weight excluding hydrogens is 813 g/mol. The molecule has 0 saturated carbocycles. The molecule has 0 rings (SSSR count). The normalized spacial score (nSPS) is 12.3. The van der Waals surface area contributed by atoms with Crippen LogP contribution in [0.15, 0.2) is 0 Å². The third kappa shape index (κ3) is 30.8. The Kier molecular flexibility index (Phi) is 32.2. The van der Waals surface area contributed by atoms with Gasteiger partial charge in [-0.1, -0.05) is 0 Å². The number of hydrogen-bond donors (Lipinski definition) is 11. The molecule has 0 heterocycles. The third-order valence-electron chi connectivity index (χ3n) is 7.51. The van der Waals surface area contributed by atoms with Crippen LogP contribution in [-0.2, 0) is 62.1 Å². The molecule has 0 bridgehead atoms. The summed E-state index contributed by atoms with van der Waals surface area (Å²) in [6.07, 6.45) is 0.832. The van der Waals surface area contributed by atoms with Crippen LogP contribution in [0.5, 0.6) is 0 Å². The van der Waals surface area contributed by atoms with Crippen molar-refractivity contribution in [2.45, 2.75) is 75.9 Å². The number of amides is 6. The van der Waals surface area contributed by atoms with Gasteiger partial charge in [0.05, 0.1) is 45.4 Å². The summed E-state index contributed by atoms with van der Waals surface area (Å²) in [6, 6.07) is -4.03. The lowest BCUT2D eigenvalue weighted by atomic mass is 10.1. The number of carbonyl (C=O) groups is 9. The van der Waals surface area contributed by atoms with Gasteiger partial charge >= 0.3 is 17.9 Å². The van der Waals surface area contributed by atoms with Crippen molar-refractivity contribution in [2.75, 3.05) is 84.0 Å². The van der Waals surface area contributed by atoms with Crippen molar-refractivity contribution < 1.29 is 77.4 Å². The summed E-state index contributed by atoms with van der Waals surface area (Å²) in [6.45, 7) is 0.308. The lowest BCUT2D eigenvalue weighted by Crippen LogP contribution is -2.45. The highest BCUT2D eigenvalue weighted by Crippen LogP contribution is 2.04. The zero-order valence-corrected chi connectivity index (χ0v) is 34.1. The van der Waals surface area contributed by atoms with E-state index in [4.69, 9.17) is 18.9 Å². The Morgan fingerprint density at radius 1 is 0.431 bits per heavy atom. The molecule has 58 heavy (non-hydrogen) atoms. The second-order valence-corrected chi connectivity index (χ2v) is 13.1. The Morgan fingerprint density at radius 2 is 0.845 bits per heavy atom. The van der Waals surface area contributed by atoms with E-state index < -0.39 is 79.3 Å². The number of rotatable bonds is 37. The molecule has 0 spiro atoms. The molecule has 0 fully saturated rings. The van der Waals surface area contributed by atoms with Crippen LogP contribution in [0.2, 0.25) is 0 Å². The highest BCUT2D eigenvalue weighted by atomic mass is 32.1. The Hall–Kier alpha value is -4.23. The molecule has 0 aromatic carbocycles. The van der Waals surface area contributed by atoms with Gasteiger partial charge in [0.15, 0.2) is 0 Å². The van der Waals surface area contributed by atoms with E-state index >= 15 is 0 Å². The first-order valence-corrected chi connectivity index (χ1v) is 19.9. The predicted molar refractivity (Wildman–Crippen MR) is 210 cm³/mol. The fourth-order valence-corrected chi connectivity index (χ4v) is 4.80. The summed E-state index contributed by atoms with van der Waals surface area (Å²) < 4.78 is 20.9. The monoisotopic (exact) mass is 870 g/mol. The van der Waals surface area contributed by atoms with Crippen LogP contribution in [0.4, 0.5) is 0 Å². The molecule has 3 atom stereocenters. The average Bonchev–Trinajstić information content (AvgIpc) is 3.17. The predicted octanol–water partition coefficient (Wildman–Crippen LogP) is -2.52. The van der Waals surface area contributed by atoms with Crippen molar-refractivity contribution in [1.82, 2.24) is 31.9 Å². The minimum absolute atomic E-state index is 0.00360. The van der Waals surface area contributed by atoms with E-state index in [1.807, 2.05) is 0 Å². The standard InChI is InChI=1S/C34H58N6O16S2/c41-26(5-3-19-57)36-11-13-53-15-18-56-21-30(45)40-25(34(51)52)7-9-28(43)38-24(33(49)50)6-8-27(42)37-12-14-54-16-17-55-20-29(44)39-23(32(47)48)4-1-2-10-35-31(46)22-58/h23-25,57-58H,1-22H2,(H,35,46)(H,36,41)(H,37,42)(H,38,43)(H,39,44)(H,40,45)(H,47,48)(H,49,50)(H,51,52). The molecular formula is C34H58N6O16S2. The molecule has 0 aromatic rings. The Morgan fingerprint density at radius 3 is 1.31 bits per heavy atom. The largest absolute Gasteiger partial charge is 0.480 e. The van der Waals surface area contributed by atoms with Gasteiger partial charge in [-0.05, 0) is 44.3 Å². The van der Waals surface area contributed by atoms with E-state index in [0.29, 0.717) is 44.5 Å². The zero-order valence-electron chi connectivity index (χ0n) is 32.3. The Balaban J connectivity index is 4.21.